The first kappa shape index (κ1) is 22.9. The van der Waals surface area contributed by atoms with Crippen molar-refractivity contribution in [1.29, 1.82) is 5.26 Å². The molecule has 2 aromatic carbocycles. The Morgan fingerprint density at radius 1 is 1.09 bits per heavy atom. The lowest BCUT2D eigenvalue weighted by molar-refractivity contribution is -0.125. The molecule has 2 heterocycles. The molecule has 0 bridgehead atoms. The molecule has 2 amide bonds. The smallest absolute Gasteiger partial charge is 0.266 e. The molecule has 172 valence electrons. The fraction of sp³-hybridized carbons (Fsp3) is 0.167. The van der Waals surface area contributed by atoms with Crippen LogP contribution in [0.5, 0.6) is 0 Å². The fourth-order valence-electron chi connectivity index (χ4n) is 3.77. The van der Waals surface area contributed by atoms with E-state index in [9.17, 15) is 23.3 Å². The molecule has 1 aromatic heterocycles. The third-order valence-corrected chi connectivity index (χ3v) is 7.27. The van der Waals surface area contributed by atoms with Crippen molar-refractivity contribution in [2.45, 2.75) is 23.8 Å². The molecular formula is C24H21N5O4S. The minimum atomic E-state index is -4.35. The number of rotatable bonds is 7. The summed E-state index contributed by atoms with van der Waals surface area (Å²) in [5.74, 6) is -1.09. The number of fused-ring (bicyclic) bond motifs is 1. The van der Waals surface area contributed by atoms with Crippen molar-refractivity contribution in [1.82, 2.24) is 10.3 Å². The van der Waals surface area contributed by atoms with Crippen molar-refractivity contribution in [2.75, 3.05) is 16.2 Å². The zero-order chi connectivity index (χ0) is 24.1. The van der Waals surface area contributed by atoms with Gasteiger partial charge in [0.15, 0.2) is 0 Å². The lowest BCUT2D eigenvalue weighted by atomic mass is 10.1. The number of nitrogens with zero attached hydrogens (tertiary/aromatic N) is 3. The summed E-state index contributed by atoms with van der Waals surface area (Å²) in [5, 5.41) is 14.9. The van der Waals surface area contributed by atoms with Gasteiger partial charge in [0.05, 0.1) is 23.4 Å². The van der Waals surface area contributed by atoms with Gasteiger partial charge in [0.1, 0.15) is 17.0 Å². The number of anilines is 2. The maximum absolute atomic E-state index is 13.7. The van der Waals surface area contributed by atoms with Gasteiger partial charge in [-0.15, -0.1) is 0 Å². The SMILES string of the molecule is N#Cc1ccccc1S(=O)(=O)N1c2ccccc2NC(=O)C1CC(=O)NCCc1ccncc1. The molecule has 1 unspecified atom stereocenters. The minimum absolute atomic E-state index is 0.0495. The van der Waals surface area contributed by atoms with Gasteiger partial charge in [0, 0.05) is 18.9 Å². The van der Waals surface area contributed by atoms with Crippen LogP contribution in [-0.4, -0.2) is 37.8 Å². The second kappa shape index (κ2) is 9.72. The van der Waals surface area contributed by atoms with Crippen LogP contribution in [0.4, 0.5) is 11.4 Å². The van der Waals surface area contributed by atoms with Crippen LogP contribution in [0.3, 0.4) is 0 Å². The van der Waals surface area contributed by atoms with E-state index >= 15 is 0 Å². The van der Waals surface area contributed by atoms with E-state index in [4.69, 9.17) is 0 Å². The first-order chi connectivity index (χ1) is 16.4. The first-order valence-corrected chi connectivity index (χ1v) is 11.9. The van der Waals surface area contributed by atoms with Crippen molar-refractivity contribution in [3.63, 3.8) is 0 Å². The summed E-state index contributed by atoms with van der Waals surface area (Å²) >= 11 is 0. The Balaban J connectivity index is 1.63. The van der Waals surface area contributed by atoms with E-state index in [1.807, 2.05) is 18.2 Å². The molecule has 10 heteroatoms. The van der Waals surface area contributed by atoms with E-state index in [0.717, 1.165) is 9.87 Å². The summed E-state index contributed by atoms with van der Waals surface area (Å²) in [7, 11) is -4.35. The van der Waals surface area contributed by atoms with E-state index < -0.39 is 27.9 Å². The second-order valence-electron chi connectivity index (χ2n) is 7.59. The zero-order valence-corrected chi connectivity index (χ0v) is 18.8. The molecule has 0 saturated carbocycles. The van der Waals surface area contributed by atoms with Crippen LogP contribution in [0, 0.1) is 11.3 Å². The third kappa shape index (κ3) is 4.60. The quantitative estimate of drug-likeness (QED) is 0.538. The number of benzene rings is 2. The normalized spacial score (nSPS) is 15.1. The molecule has 0 aliphatic carbocycles. The van der Waals surface area contributed by atoms with E-state index in [1.165, 1.54) is 18.2 Å². The maximum Gasteiger partial charge on any atom is 0.266 e. The van der Waals surface area contributed by atoms with E-state index in [-0.39, 0.29) is 22.6 Å². The van der Waals surface area contributed by atoms with Gasteiger partial charge in [0.25, 0.3) is 10.0 Å². The molecule has 9 nitrogen and oxygen atoms in total. The Morgan fingerprint density at radius 3 is 2.56 bits per heavy atom. The Kier molecular flexibility index (Phi) is 6.56. The van der Waals surface area contributed by atoms with Crippen molar-refractivity contribution in [2.24, 2.45) is 0 Å². The van der Waals surface area contributed by atoms with Gasteiger partial charge in [-0.3, -0.25) is 18.9 Å². The highest BCUT2D eigenvalue weighted by molar-refractivity contribution is 7.93. The number of nitrogens with one attached hydrogen (secondary N) is 2. The molecule has 3 aromatic rings. The second-order valence-corrected chi connectivity index (χ2v) is 9.37. The number of pyridine rings is 1. The molecule has 0 radical (unpaired) electrons. The Hall–Kier alpha value is -4.23. The zero-order valence-electron chi connectivity index (χ0n) is 18.0. The molecule has 0 fully saturated rings. The maximum atomic E-state index is 13.7. The molecule has 0 saturated heterocycles. The molecule has 4 rings (SSSR count). The highest BCUT2D eigenvalue weighted by Crippen LogP contribution is 2.37. The van der Waals surface area contributed by atoms with Crippen molar-refractivity contribution in [3.05, 3.63) is 84.2 Å². The number of para-hydroxylation sites is 2. The summed E-state index contributed by atoms with van der Waals surface area (Å²) in [6, 6.07) is 16.4. The van der Waals surface area contributed by atoms with Gasteiger partial charge in [0.2, 0.25) is 11.8 Å². The van der Waals surface area contributed by atoms with Gasteiger partial charge in [-0.25, -0.2) is 8.42 Å². The number of carbonyl (C=O) groups excluding carboxylic acids is 2. The summed E-state index contributed by atoms with van der Waals surface area (Å²) < 4.78 is 28.4. The average Bonchev–Trinajstić information content (AvgIpc) is 2.85. The molecule has 1 aliphatic rings. The monoisotopic (exact) mass is 475 g/mol. The number of hydrogen-bond donors (Lipinski definition) is 2. The molecule has 0 spiro atoms. The number of amides is 2. The number of aromatic nitrogens is 1. The van der Waals surface area contributed by atoms with Crippen LogP contribution in [0.2, 0.25) is 0 Å². The van der Waals surface area contributed by atoms with E-state index in [1.54, 1.807) is 42.7 Å². The summed E-state index contributed by atoms with van der Waals surface area (Å²) in [6.07, 6.45) is 3.49. The first-order valence-electron chi connectivity index (χ1n) is 10.5. The van der Waals surface area contributed by atoms with Crippen LogP contribution >= 0.6 is 0 Å². The topological polar surface area (TPSA) is 132 Å². The molecular weight excluding hydrogens is 454 g/mol. The predicted octanol–water partition coefficient (Wildman–Crippen LogP) is 2.22. The largest absolute Gasteiger partial charge is 0.356 e. The summed E-state index contributed by atoms with van der Waals surface area (Å²) in [5.41, 5.74) is 1.47. The molecule has 1 atom stereocenters. The lowest BCUT2D eigenvalue weighted by Gasteiger charge is -2.36. The van der Waals surface area contributed by atoms with E-state index in [2.05, 4.69) is 15.6 Å². The lowest BCUT2D eigenvalue weighted by Crippen LogP contribution is -2.52. The highest BCUT2D eigenvalue weighted by atomic mass is 32.2. The highest BCUT2D eigenvalue weighted by Gasteiger charge is 2.42. The fourth-order valence-corrected chi connectivity index (χ4v) is 5.55. The van der Waals surface area contributed by atoms with Crippen LogP contribution in [-0.2, 0) is 26.0 Å². The minimum Gasteiger partial charge on any atom is -0.356 e. The van der Waals surface area contributed by atoms with Gasteiger partial charge in [-0.2, -0.15) is 5.26 Å². The van der Waals surface area contributed by atoms with Crippen molar-refractivity contribution in [3.8, 4) is 6.07 Å². The van der Waals surface area contributed by atoms with Crippen LogP contribution < -0.4 is 14.9 Å². The summed E-state index contributed by atoms with van der Waals surface area (Å²) in [4.78, 5) is 29.4. The molecule has 2 N–H and O–H groups in total. The number of carbonyl (C=O) groups is 2. The van der Waals surface area contributed by atoms with Gasteiger partial charge >= 0.3 is 0 Å². The Labute approximate surface area is 197 Å². The van der Waals surface area contributed by atoms with Gasteiger partial charge in [-0.05, 0) is 48.4 Å². The van der Waals surface area contributed by atoms with Crippen LogP contribution in [0.1, 0.15) is 17.5 Å². The van der Waals surface area contributed by atoms with Crippen LogP contribution in [0.15, 0.2) is 78.0 Å². The molecule has 1 aliphatic heterocycles. The Bertz CT molecular complexity index is 1370. The summed E-state index contributed by atoms with van der Waals surface area (Å²) in [6.45, 7) is 0.317. The van der Waals surface area contributed by atoms with Crippen LogP contribution in [0.25, 0.3) is 0 Å². The number of hydrogen-bond acceptors (Lipinski definition) is 6. The van der Waals surface area contributed by atoms with Gasteiger partial charge in [-0.1, -0.05) is 24.3 Å². The average molecular weight is 476 g/mol. The molecule has 34 heavy (non-hydrogen) atoms. The predicted molar refractivity (Wildman–Crippen MR) is 125 cm³/mol. The third-order valence-electron chi connectivity index (χ3n) is 5.39. The number of nitriles is 1. The van der Waals surface area contributed by atoms with Gasteiger partial charge < -0.3 is 10.6 Å². The van der Waals surface area contributed by atoms with Crippen molar-refractivity contribution < 1.29 is 18.0 Å². The Morgan fingerprint density at radius 2 is 1.79 bits per heavy atom. The van der Waals surface area contributed by atoms with Crippen molar-refractivity contribution >= 4 is 33.2 Å². The number of sulfonamides is 1. The van der Waals surface area contributed by atoms with E-state index in [0.29, 0.717) is 18.7 Å². The standard InChI is InChI=1S/C24H21N5O4S/c25-16-18-5-1-4-8-22(18)34(32,33)29-20-7-3-2-6-19(20)28-24(31)21(29)15-23(30)27-14-11-17-9-12-26-13-10-17/h1-10,12-13,21H,11,14-15H2,(H,27,30)(H,28,31).